The first kappa shape index (κ1) is 64.5. The van der Waals surface area contributed by atoms with E-state index < -0.39 is 14.1 Å². The minimum absolute atomic E-state index is 0.429. The van der Waals surface area contributed by atoms with E-state index in [9.17, 15) is 0 Å². The van der Waals surface area contributed by atoms with Gasteiger partial charge in [-0.2, -0.15) is 0 Å². The third-order valence-electron chi connectivity index (χ3n) is 17.6. The summed E-state index contributed by atoms with van der Waals surface area (Å²) < 4.78 is 2.67. The zero-order valence-electron chi connectivity index (χ0n) is 48.6. The van der Waals surface area contributed by atoms with Crippen molar-refractivity contribution in [2.75, 3.05) is 0 Å². The van der Waals surface area contributed by atoms with Gasteiger partial charge in [-0.25, -0.2) is 0 Å². The van der Waals surface area contributed by atoms with Gasteiger partial charge in [0.05, 0.1) is 0 Å². The topological polar surface area (TPSA) is 0 Å². The van der Waals surface area contributed by atoms with Crippen molar-refractivity contribution in [3.8, 4) is 0 Å². The Bertz CT molecular complexity index is 756. The van der Waals surface area contributed by atoms with Gasteiger partial charge in [0.2, 0.25) is 0 Å². The summed E-state index contributed by atoms with van der Waals surface area (Å²) in [6.45, 7) is 47.5. The molecule has 0 aromatic heterocycles. The fraction of sp³-hybridized carbons (Fsp3) is 1.00. The molecule has 0 spiro atoms. The van der Waals surface area contributed by atoms with Crippen molar-refractivity contribution in [2.45, 2.75) is 370 Å². The molecule has 0 radical (unpaired) electrons. The molecule has 0 aromatic carbocycles. The van der Waals surface area contributed by atoms with Crippen LogP contribution in [0.4, 0.5) is 0 Å². The Morgan fingerprint density at radius 2 is 0.250 bits per heavy atom. The predicted molar refractivity (Wildman–Crippen MR) is 294 cm³/mol. The Morgan fingerprint density at radius 3 is 0.312 bits per heavy atom. The Morgan fingerprint density at radius 1 is 0.172 bits per heavy atom. The van der Waals surface area contributed by atoms with Gasteiger partial charge in [0.25, 0.3) is 0 Å². The van der Waals surface area contributed by atoms with E-state index in [1.807, 2.05) is 0 Å². The van der Waals surface area contributed by atoms with Gasteiger partial charge in [0, 0.05) is 0 Å². The van der Waals surface area contributed by atoms with Crippen LogP contribution < -0.4 is 0 Å². The van der Waals surface area contributed by atoms with E-state index in [2.05, 4.69) is 125 Å². The summed E-state index contributed by atoms with van der Waals surface area (Å²) >= 11 is -1.63. The molecule has 0 aliphatic heterocycles. The van der Waals surface area contributed by atoms with Crippen molar-refractivity contribution in [1.29, 1.82) is 0 Å². The summed E-state index contributed by atoms with van der Waals surface area (Å²) in [5, 5.41) is 0. The molecule has 0 saturated heterocycles. The molecule has 0 rings (SSSR count). The van der Waals surface area contributed by atoms with Crippen LogP contribution in [-0.2, 0) is 14.1 Å². The van der Waals surface area contributed by atoms with Gasteiger partial charge in [0.15, 0.2) is 0 Å². The number of hydrogen-bond acceptors (Lipinski definition) is 0. The SMILES string of the molecule is CCCC(CCC)(CCC)[CH]([Cr]([CH](C(CCC)(CCC)CCC)C(CCC)(CCC)CCC)[CH](C(CCC)(CCC)CCC)C(CCC)(CCC)CCC)C(CCC)(CCC)CCC. The summed E-state index contributed by atoms with van der Waals surface area (Å²) in [6, 6.07) is 0. The second-order valence-corrected chi connectivity index (χ2v) is 26.7. The van der Waals surface area contributed by atoms with Gasteiger partial charge in [-0.3, -0.25) is 0 Å². The Kier molecular flexibility index (Phi) is 35.1. The molecule has 0 heterocycles. The molecule has 0 saturated carbocycles. The summed E-state index contributed by atoms with van der Waals surface area (Å²) in [5.41, 5.74) is 2.57. The summed E-state index contributed by atoms with van der Waals surface area (Å²) in [4.78, 5) is 0. The number of rotatable bonds is 45. The Hall–Kier alpha value is 0.532. The van der Waals surface area contributed by atoms with Crippen molar-refractivity contribution in [2.24, 2.45) is 32.5 Å². The molecule has 0 atom stereocenters. The van der Waals surface area contributed by atoms with E-state index in [-0.39, 0.29) is 0 Å². The van der Waals surface area contributed by atoms with Gasteiger partial charge in [0.1, 0.15) is 0 Å². The van der Waals surface area contributed by atoms with Crippen LogP contribution in [0.2, 0.25) is 14.3 Å². The van der Waals surface area contributed by atoms with Crippen molar-refractivity contribution in [3.63, 3.8) is 0 Å². The van der Waals surface area contributed by atoms with Crippen LogP contribution in [0, 0.1) is 32.5 Å². The molecular weight excluding hydrogens is 809 g/mol. The molecule has 0 N–H and O–H groups in total. The quantitative estimate of drug-likeness (QED) is 0.0571. The van der Waals surface area contributed by atoms with E-state index in [1.54, 1.807) is 0 Å². The molecule has 0 nitrogen and oxygen atoms in total. The first-order chi connectivity index (χ1) is 30.8. The monoisotopic (exact) mass is 938 g/mol. The molecule has 0 aromatic rings. The zero-order chi connectivity index (χ0) is 48.8. The Balaban J connectivity index is 11.2. The molecule has 0 fully saturated rings. The Labute approximate surface area is 414 Å². The predicted octanol–water partition coefficient (Wildman–Crippen LogP) is 24.3. The molecule has 1 heteroatoms. The van der Waals surface area contributed by atoms with Crippen LogP contribution in [0.5, 0.6) is 0 Å². The van der Waals surface area contributed by atoms with Crippen molar-refractivity contribution < 1.29 is 14.1 Å². The fourth-order valence-electron chi connectivity index (χ4n) is 17.7. The molecular formula is C63H129Cr. The maximum atomic E-state index is 2.64. The first-order valence-corrected chi connectivity index (χ1v) is 32.7. The first-order valence-electron chi connectivity index (χ1n) is 30.5. The second-order valence-electron chi connectivity index (χ2n) is 23.2. The van der Waals surface area contributed by atoms with Gasteiger partial charge < -0.3 is 0 Å². The van der Waals surface area contributed by atoms with Crippen LogP contribution in [-0.4, -0.2) is 0 Å². The van der Waals surface area contributed by atoms with Crippen LogP contribution in [0.25, 0.3) is 0 Å². The zero-order valence-corrected chi connectivity index (χ0v) is 49.9. The second kappa shape index (κ2) is 34.8. The third kappa shape index (κ3) is 16.3. The van der Waals surface area contributed by atoms with Gasteiger partial charge in [-0.05, 0) is 0 Å². The molecule has 387 valence electrons. The van der Waals surface area contributed by atoms with Crippen molar-refractivity contribution in [1.82, 2.24) is 0 Å². The fourth-order valence-corrected chi connectivity index (χ4v) is 27.7. The van der Waals surface area contributed by atoms with Crippen molar-refractivity contribution in [3.05, 3.63) is 0 Å². The minimum atomic E-state index is -1.63. The molecule has 0 amide bonds. The van der Waals surface area contributed by atoms with Crippen LogP contribution >= 0.6 is 0 Å². The molecule has 0 bridgehead atoms. The van der Waals surface area contributed by atoms with Crippen molar-refractivity contribution >= 4 is 0 Å². The average molecular weight is 939 g/mol. The number of hydrogen-bond donors (Lipinski definition) is 0. The molecule has 0 aliphatic rings. The molecule has 64 heavy (non-hydrogen) atoms. The standard InChI is InChI=1S/3C21H43.Cr/c3*1-7-13-20(14-8-2,15-9-3)19-21(16-10-4,17-11-5)18-12-6;/h3*19H,7-18H2,1-6H3;. The third-order valence-corrected chi connectivity index (χ3v) is 24.9. The van der Waals surface area contributed by atoms with Crippen LogP contribution in [0.15, 0.2) is 0 Å². The summed E-state index contributed by atoms with van der Waals surface area (Å²) in [6.07, 6.45) is 51.3. The normalized spacial score (nSPS) is 13.8. The van der Waals surface area contributed by atoms with E-state index >= 15 is 0 Å². The summed E-state index contributed by atoms with van der Waals surface area (Å²) in [7, 11) is 0. The van der Waals surface area contributed by atoms with E-state index in [4.69, 9.17) is 0 Å². The molecule has 0 unspecified atom stereocenters. The average Bonchev–Trinajstić information content (AvgIpc) is 3.23. The van der Waals surface area contributed by atoms with Crippen LogP contribution in [0.1, 0.15) is 356 Å². The summed E-state index contributed by atoms with van der Waals surface area (Å²) in [5.74, 6) is 0. The van der Waals surface area contributed by atoms with E-state index in [0.29, 0.717) is 32.5 Å². The van der Waals surface area contributed by atoms with Gasteiger partial charge >= 0.3 is 417 Å². The van der Waals surface area contributed by atoms with Gasteiger partial charge in [-0.1, -0.05) is 0 Å². The molecule has 0 aliphatic carbocycles. The maximum absolute atomic E-state index is 2.64. The van der Waals surface area contributed by atoms with E-state index in [1.165, 1.54) is 231 Å². The van der Waals surface area contributed by atoms with Gasteiger partial charge in [-0.15, -0.1) is 0 Å². The van der Waals surface area contributed by atoms with E-state index in [0.717, 1.165) is 14.3 Å². The van der Waals surface area contributed by atoms with Crippen LogP contribution in [0.3, 0.4) is 0 Å².